The molecule has 2 aromatic rings. The third-order valence-electron chi connectivity index (χ3n) is 7.14. The van der Waals surface area contributed by atoms with Crippen molar-refractivity contribution in [2.45, 2.75) is 44.8 Å². The number of rotatable bonds is 6. The van der Waals surface area contributed by atoms with Crippen LogP contribution in [0.1, 0.15) is 42.1 Å². The summed E-state index contributed by atoms with van der Waals surface area (Å²) >= 11 is 6.43. The number of aryl methyl sites for hydroxylation is 1. The lowest BCUT2D eigenvalue weighted by molar-refractivity contribution is -0.125. The number of nitrogens with zero attached hydrogens (tertiary/aromatic N) is 2. The highest BCUT2D eigenvalue weighted by molar-refractivity contribution is 6.31. The molecule has 3 saturated heterocycles. The molecule has 0 aliphatic carbocycles. The fraction of sp³-hybridized carbons (Fsp3) is 0.462. The molecule has 7 nitrogen and oxygen atoms in total. The molecule has 4 aliphatic rings. The van der Waals surface area contributed by atoms with E-state index in [1.807, 2.05) is 18.2 Å². The number of halogens is 2. The molecule has 35 heavy (non-hydrogen) atoms. The minimum absolute atomic E-state index is 0. The number of nitrogens with one attached hydrogen (secondary N) is 1. The molecule has 0 radical (unpaired) electrons. The van der Waals surface area contributed by atoms with E-state index in [0.717, 1.165) is 45.3 Å². The van der Waals surface area contributed by atoms with Gasteiger partial charge in [-0.25, -0.2) is 0 Å². The summed E-state index contributed by atoms with van der Waals surface area (Å²) in [6.07, 6.45) is 3.25. The summed E-state index contributed by atoms with van der Waals surface area (Å²) in [6.45, 7) is 5.39. The molecule has 2 atom stereocenters. The Balaban J connectivity index is 0.00000171. The first-order valence-electron chi connectivity index (χ1n) is 11.9. The predicted octanol–water partition coefficient (Wildman–Crippen LogP) is 3.51. The highest BCUT2D eigenvalue weighted by Gasteiger charge is 2.38. The summed E-state index contributed by atoms with van der Waals surface area (Å²) in [4.78, 5) is 30.4. The highest BCUT2D eigenvalue weighted by atomic mass is 35.5. The van der Waals surface area contributed by atoms with Crippen LogP contribution in [0.5, 0.6) is 5.75 Å². The number of benzene rings is 2. The van der Waals surface area contributed by atoms with Crippen molar-refractivity contribution < 1.29 is 19.8 Å². The van der Waals surface area contributed by atoms with E-state index in [0.29, 0.717) is 34.5 Å². The van der Waals surface area contributed by atoms with Gasteiger partial charge in [0.2, 0.25) is 0 Å². The van der Waals surface area contributed by atoms with Gasteiger partial charge in [-0.3, -0.25) is 9.59 Å². The lowest BCUT2D eigenvalue weighted by atomic mass is 9.84. The number of ether oxygens (including phenoxy) is 1. The summed E-state index contributed by atoms with van der Waals surface area (Å²) in [5, 5.41) is 3.65. The van der Waals surface area contributed by atoms with Gasteiger partial charge < -0.3 is 25.3 Å². The number of piperidine rings is 3. The lowest BCUT2D eigenvalue weighted by Crippen LogP contribution is -2.57. The van der Waals surface area contributed by atoms with Crippen molar-refractivity contribution in [3.05, 3.63) is 58.6 Å². The van der Waals surface area contributed by atoms with Gasteiger partial charge >= 0.3 is 0 Å². The molecule has 3 fully saturated rings. The lowest BCUT2D eigenvalue weighted by Gasteiger charge is -2.45. The fourth-order valence-corrected chi connectivity index (χ4v) is 5.54. The largest absolute Gasteiger partial charge is 0.478 e. The van der Waals surface area contributed by atoms with E-state index in [2.05, 4.69) is 22.3 Å². The average molecular weight is 522 g/mol. The fourth-order valence-electron chi connectivity index (χ4n) is 5.33. The number of carbonyl (C=O) groups excluding carboxylic acids is 2. The third-order valence-corrected chi connectivity index (χ3v) is 7.36. The van der Waals surface area contributed by atoms with E-state index < -0.39 is 6.10 Å². The first-order valence-corrected chi connectivity index (χ1v) is 12.3. The molecule has 3 N–H and O–H groups in total. The summed E-state index contributed by atoms with van der Waals surface area (Å²) in [7, 11) is 0. The monoisotopic (exact) mass is 521 g/mol. The first kappa shape index (κ1) is 27.3. The van der Waals surface area contributed by atoms with Crippen LogP contribution in [-0.2, 0) is 11.2 Å². The van der Waals surface area contributed by atoms with Crippen LogP contribution in [0.25, 0.3) is 0 Å². The number of carbonyl (C=O) groups is 2. The Morgan fingerprint density at radius 1 is 1.17 bits per heavy atom. The number of hydrogen-bond donors (Lipinski definition) is 1. The zero-order chi connectivity index (χ0) is 22.9. The molecule has 4 aliphatic heterocycles. The smallest absolute Gasteiger partial charge is 0.267 e. The van der Waals surface area contributed by atoms with Crippen molar-refractivity contribution in [3.8, 4) is 5.75 Å². The normalized spacial score (nSPS) is 24.5. The van der Waals surface area contributed by atoms with Gasteiger partial charge in [-0.15, -0.1) is 12.4 Å². The highest BCUT2D eigenvalue weighted by Crippen LogP contribution is 2.40. The number of amides is 2. The molecule has 2 amide bonds. The van der Waals surface area contributed by atoms with Gasteiger partial charge in [0.05, 0.1) is 11.3 Å². The first-order chi connectivity index (χ1) is 16.0. The van der Waals surface area contributed by atoms with Crippen molar-refractivity contribution in [2.75, 3.05) is 31.1 Å². The molecule has 2 unspecified atom stereocenters. The Hall–Kier alpha value is -2.32. The van der Waals surface area contributed by atoms with Gasteiger partial charge in [0.15, 0.2) is 11.9 Å². The summed E-state index contributed by atoms with van der Waals surface area (Å²) < 4.78 is 5.98. The van der Waals surface area contributed by atoms with E-state index in [4.69, 9.17) is 16.3 Å². The minimum Gasteiger partial charge on any atom is -0.478 e. The van der Waals surface area contributed by atoms with Crippen molar-refractivity contribution in [1.29, 1.82) is 0 Å². The zero-order valence-electron chi connectivity index (χ0n) is 19.8. The van der Waals surface area contributed by atoms with Gasteiger partial charge in [0.25, 0.3) is 11.8 Å². The second kappa shape index (κ2) is 11.6. The summed E-state index contributed by atoms with van der Waals surface area (Å²) in [6, 6.07) is 13.7. The van der Waals surface area contributed by atoms with Crippen LogP contribution in [0.4, 0.5) is 5.69 Å². The van der Waals surface area contributed by atoms with Crippen LogP contribution < -0.4 is 15.0 Å². The maximum atomic E-state index is 13.3. The molecular formula is C26H33Cl2N3O4. The maximum absolute atomic E-state index is 13.3. The van der Waals surface area contributed by atoms with Gasteiger partial charge in [0.1, 0.15) is 0 Å². The molecule has 4 heterocycles. The molecule has 0 saturated carbocycles. The van der Waals surface area contributed by atoms with E-state index in [1.54, 1.807) is 24.0 Å². The van der Waals surface area contributed by atoms with Crippen LogP contribution in [0, 0.1) is 5.92 Å². The van der Waals surface area contributed by atoms with Crippen LogP contribution in [-0.4, -0.2) is 60.5 Å². The van der Waals surface area contributed by atoms with Gasteiger partial charge in [-0.1, -0.05) is 41.9 Å². The Labute approximate surface area is 217 Å². The van der Waals surface area contributed by atoms with Crippen LogP contribution in [0.2, 0.25) is 5.02 Å². The predicted molar refractivity (Wildman–Crippen MR) is 140 cm³/mol. The van der Waals surface area contributed by atoms with Gasteiger partial charge in [-0.05, 0) is 69.3 Å². The van der Waals surface area contributed by atoms with E-state index in [1.165, 1.54) is 5.56 Å². The van der Waals surface area contributed by atoms with E-state index >= 15 is 0 Å². The standard InChI is InChI=1S/C26H30ClN3O3.ClH.H2O/c1-17-26(32)30(11-5-8-18-6-3-2-4-7-18)23-15-20(27)14-21(24(23)33-17)25(31)28-22-16-29-12-9-19(22)10-13-29;;/h2-4,6-7,14-15,17,19,22H,5,8-13,16H2,1H3,(H,28,31);1H;1H2. The minimum atomic E-state index is -0.654. The Morgan fingerprint density at radius 3 is 2.54 bits per heavy atom. The topological polar surface area (TPSA) is 93.4 Å². The Kier molecular flexibility index (Phi) is 9.05. The molecular weight excluding hydrogens is 489 g/mol. The Morgan fingerprint density at radius 2 is 1.89 bits per heavy atom. The van der Waals surface area contributed by atoms with Crippen molar-refractivity contribution in [3.63, 3.8) is 0 Å². The molecule has 2 bridgehead atoms. The molecule has 190 valence electrons. The Bertz CT molecular complexity index is 1040. The van der Waals surface area contributed by atoms with Crippen molar-refractivity contribution in [1.82, 2.24) is 10.2 Å². The molecule has 9 heteroatoms. The molecule has 2 aromatic carbocycles. The van der Waals surface area contributed by atoms with Gasteiger partial charge in [-0.2, -0.15) is 0 Å². The summed E-state index contributed by atoms with van der Waals surface area (Å²) in [5.74, 6) is 0.676. The van der Waals surface area contributed by atoms with Crippen molar-refractivity contribution in [2.24, 2.45) is 5.92 Å². The molecule has 0 aromatic heterocycles. The third kappa shape index (κ3) is 5.75. The number of fused-ring (bicyclic) bond motifs is 4. The molecule has 0 spiro atoms. The van der Waals surface area contributed by atoms with Crippen LogP contribution in [0.3, 0.4) is 0 Å². The van der Waals surface area contributed by atoms with Crippen LogP contribution >= 0.6 is 24.0 Å². The number of hydrogen-bond acceptors (Lipinski definition) is 4. The molecule has 6 rings (SSSR count). The average Bonchev–Trinajstić information content (AvgIpc) is 2.83. The zero-order valence-corrected chi connectivity index (χ0v) is 21.4. The van der Waals surface area contributed by atoms with E-state index in [-0.39, 0.29) is 35.7 Å². The quantitative estimate of drug-likeness (QED) is 0.629. The van der Waals surface area contributed by atoms with Crippen LogP contribution in [0.15, 0.2) is 42.5 Å². The second-order valence-corrected chi connectivity index (χ2v) is 9.80. The summed E-state index contributed by atoms with van der Waals surface area (Å²) in [5.41, 5.74) is 2.22. The van der Waals surface area contributed by atoms with E-state index in [9.17, 15) is 9.59 Å². The maximum Gasteiger partial charge on any atom is 0.267 e. The number of anilines is 1. The van der Waals surface area contributed by atoms with Gasteiger partial charge in [0, 0.05) is 24.2 Å². The SMILES string of the molecule is CC1Oc2c(C(=O)NC3CN4CCC3CC4)cc(Cl)cc2N(CCCc2ccccc2)C1=O.Cl.O. The van der Waals surface area contributed by atoms with Crippen molar-refractivity contribution >= 4 is 41.5 Å². The second-order valence-electron chi connectivity index (χ2n) is 9.36.